The van der Waals surface area contributed by atoms with Crippen LogP contribution in [0.25, 0.3) is 6.08 Å². The molecule has 0 aliphatic carbocycles. The van der Waals surface area contributed by atoms with Gasteiger partial charge in [-0.15, -0.1) is 0 Å². The van der Waals surface area contributed by atoms with E-state index in [1.165, 1.54) is 15.9 Å². The zero-order chi connectivity index (χ0) is 25.4. The fraction of sp³-hybridized carbons (Fsp3) is 0.240. The van der Waals surface area contributed by atoms with E-state index in [1.807, 2.05) is 12.1 Å². The molecule has 2 aromatic carbocycles. The first-order chi connectivity index (χ1) is 16.6. The number of hydrogen-bond acceptors (Lipinski definition) is 6. The summed E-state index contributed by atoms with van der Waals surface area (Å²) in [6.07, 6.45) is 1.33. The van der Waals surface area contributed by atoms with E-state index in [-0.39, 0.29) is 17.2 Å². The molecule has 3 aromatic rings. The Bertz CT molecular complexity index is 1540. The van der Waals surface area contributed by atoms with Crippen molar-refractivity contribution in [2.45, 2.75) is 32.9 Å². The number of carbonyl (C=O) groups excluding carboxylic acids is 1. The van der Waals surface area contributed by atoms with Crippen molar-refractivity contribution in [2.75, 3.05) is 7.11 Å². The van der Waals surface area contributed by atoms with Crippen molar-refractivity contribution in [3.63, 3.8) is 0 Å². The first-order valence-corrected chi connectivity index (χ1v) is 13.0. The van der Waals surface area contributed by atoms with Crippen molar-refractivity contribution in [1.82, 2.24) is 4.57 Å². The molecule has 1 aliphatic rings. The number of nitrogens with zero attached hydrogens (tertiary/aromatic N) is 2. The van der Waals surface area contributed by atoms with Gasteiger partial charge in [0.1, 0.15) is 11.8 Å². The Labute approximate surface area is 224 Å². The molecule has 1 aliphatic heterocycles. The number of aromatic nitrogens is 1. The monoisotopic (exact) mass is 594 g/mol. The Morgan fingerprint density at radius 3 is 2.69 bits per heavy atom. The van der Waals surface area contributed by atoms with Crippen LogP contribution in [0.1, 0.15) is 37.9 Å². The van der Waals surface area contributed by atoms with Gasteiger partial charge in [0.25, 0.3) is 5.56 Å². The lowest BCUT2D eigenvalue weighted by atomic mass is 9.95. The highest BCUT2D eigenvalue weighted by molar-refractivity contribution is 9.10. The Balaban J connectivity index is 2.02. The van der Waals surface area contributed by atoms with Crippen LogP contribution in [0.4, 0.5) is 0 Å². The van der Waals surface area contributed by atoms with Gasteiger partial charge in [-0.05, 0) is 56.7 Å². The lowest BCUT2D eigenvalue weighted by Gasteiger charge is -2.26. The van der Waals surface area contributed by atoms with Crippen LogP contribution in [0.3, 0.4) is 0 Å². The van der Waals surface area contributed by atoms with Gasteiger partial charge in [-0.25, -0.2) is 9.79 Å². The number of ether oxygens (including phenoxy) is 2. The third kappa shape index (κ3) is 4.98. The molecular weight excluding hydrogens is 575 g/mol. The van der Waals surface area contributed by atoms with E-state index in [0.717, 1.165) is 4.47 Å². The van der Waals surface area contributed by atoms with Crippen LogP contribution < -0.4 is 19.6 Å². The summed E-state index contributed by atoms with van der Waals surface area (Å²) in [6.45, 7) is 5.28. The van der Waals surface area contributed by atoms with Gasteiger partial charge < -0.3 is 9.47 Å². The predicted molar refractivity (Wildman–Crippen MR) is 142 cm³/mol. The number of hydrogen-bond donors (Lipinski definition) is 0. The van der Waals surface area contributed by atoms with Crippen molar-refractivity contribution in [1.29, 1.82) is 0 Å². The maximum Gasteiger partial charge on any atom is 0.338 e. The number of benzene rings is 2. The van der Waals surface area contributed by atoms with Gasteiger partial charge >= 0.3 is 5.97 Å². The largest absolute Gasteiger partial charge is 0.496 e. The highest BCUT2D eigenvalue weighted by Crippen LogP contribution is 2.37. The fourth-order valence-electron chi connectivity index (χ4n) is 3.85. The van der Waals surface area contributed by atoms with Crippen LogP contribution in [-0.2, 0) is 9.53 Å². The molecular formula is C25H21BrCl2N2O4S. The second-order valence-electron chi connectivity index (χ2n) is 8.07. The van der Waals surface area contributed by atoms with E-state index in [2.05, 4.69) is 20.9 Å². The summed E-state index contributed by atoms with van der Waals surface area (Å²) in [6, 6.07) is 9.85. The summed E-state index contributed by atoms with van der Waals surface area (Å²) in [5, 5.41) is 0.738. The third-order valence-corrected chi connectivity index (χ3v) is 7.65. The van der Waals surface area contributed by atoms with Crippen molar-refractivity contribution >= 4 is 62.5 Å². The molecule has 0 spiro atoms. The Hall–Kier alpha value is -2.39. The number of methoxy groups -OCH3 is 1. The first kappa shape index (κ1) is 25.7. The summed E-state index contributed by atoms with van der Waals surface area (Å²) in [7, 11) is 1.54. The van der Waals surface area contributed by atoms with Crippen molar-refractivity contribution < 1.29 is 14.3 Å². The van der Waals surface area contributed by atoms with Crippen LogP contribution in [0, 0.1) is 0 Å². The average Bonchev–Trinajstić information content (AvgIpc) is 3.10. The number of rotatable bonds is 5. The minimum Gasteiger partial charge on any atom is -0.496 e. The normalized spacial score (nSPS) is 15.8. The molecule has 182 valence electrons. The summed E-state index contributed by atoms with van der Waals surface area (Å²) >= 11 is 17.2. The molecule has 35 heavy (non-hydrogen) atoms. The smallest absolute Gasteiger partial charge is 0.338 e. The van der Waals surface area contributed by atoms with E-state index < -0.39 is 12.0 Å². The molecule has 0 saturated carbocycles. The number of fused-ring (bicyclic) bond motifs is 1. The van der Waals surface area contributed by atoms with Crippen LogP contribution >= 0.6 is 50.5 Å². The second kappa shape index (κ2) is 10.3. The molecule has 1 atom stereocenters. The van der Waals surface area contributed by atoms with Gasteiger partial charge in [-0.3, -0.25) is 9.36 Å². The van der Waals surface area contributed by atoms with Gasteiger partial charge in [0.2, 0.25) is 0 Å². The van der Waals surface area contributed by atoms with Crippen molar-refractivity contribution in [2.24, 2.45) is 4.99 Å². The molecule has 0 N–H and O–H groups in total. The number of esters is 1. The summed E-state index contributed by atoms with van der Waals surface area (Å²) < 4.78 is 13.8. The number of carbonyl (C=O) groups is 1. The molecule has 0 fully saturated rings. The molecule has 0 unspecified atom stereocenters. The quantitative estimate of drug-likeness (QED) is 0.377. The van der Waals surface area contributed by atoms with E-state index in [1.54, 1.807) is 58.2 Å². The SMILES string of the molecule is COc1ccc(Br)cc1[C@@H]1C(C(=O)OC(C)C)=C(C)N=c2s/c(=C\c3cccc(Cl)c3Cl)c(=O)n21. The van der Waals surface area contributed by atoms with Crippen LogP contribution in [-0.4, -0.2) is 23.8 Å². The molecule has 6 nitrogen and oxygen atoms in total. The van der Waals surface area contributed by atoms with Crippen molar-refractivity contribution in [3.8, 4) is 5.75 Å². The summed E-state index contributed by atoms with van der Waals surface area (Å²) in [5.41, 5.74) is 1.65. The van der Waals surface area contributed by atoms with Gasteiger partial charge in [0, 0.05) is 10.0 Å². The molecule has 10 heteroatoms. The van der Waals surface area contributed by atoms with Crippen LogP contribution in [0.5, 0.6) is 5.75 Å². The zero-order valence-electron chi connectivity index (χ0n) is 19.3. The first-order valence-electron chi connectivity index (χ1n) is 10.6. The summed E-state index contributed by atoms with van der Waals surface area (Å²) in [4.78, 5) is 32.1. The van der Waals surface area contributed by atoms with E-state index in [9.17, 15) is 9.59 Å². The lowest BCUT2D eigenvalue weighted by molar-refractivity contribution is -0.143. The van der Waals surface area contributed by atoms with E-state index >= 15 is 0 Å². The van der Waals surface area contributed by atoms with Crippen molar-refractivity contribution in [3.05, 3.63) is 93.0 Å². The average molecular weight is 596 g/mol. The Morgan fingerprint density at radius 2 is 2.00 bits per heavy atom. The Morgan fingerprint density at radius 1 is 1.26 bits per heavy atom. The van der Waals surface area contributed by atoms with E-state index in [4.69, 9.17) is 32.7 Å². The predicted octanol–water partition coefficient (Wildman–Crippen LogP) is 5.26. The molecule has 0 bridgehead atoms. The summed E-state index contributed by atoms with van der Waals surface area (Å²) in [5.74, 6) is -0.0179. The molecule has 1 aromatic heterocycles. The lowest BCUT2D eigenvalue weighted by Crippen LogP contribution is -2.40. The van der Waals surface area contributed by atoms with Gasteiger partial charge in [-0.1, -0.05) is 62.6 Å². The third-order valence-electron chi connectivity index (χ3n) is 5.34. The standard InChI is InChI=1S/C25H21BrCl2N2O4S/c1-12(2)34-24(32)20-13(3)29-25-30(22(20)16-11-15(26)8-9-18(16)33-4)23(31)19(35-25)10-14-6-5-7-17(27)21(14)28/h5-12,22H,1-4H3/b19-10-/t22-/m1/s1. The highest BCUT2D eigenvalue weighted by Gasteiger charge is 2.35. The fourth-order valence-corrected chi connectivity index (χ4v) is 5.63. The molecule has 2 heterocycles. The minimum absolute atomic E-state index is 0.273. The minimum atomic E-state index is -0.804. The topological polar surface area (TPSA) is 69.9 Å². The number of thiazole rings is 1. The van der Waals surface area contributed by atoms with Crippen LogP contribution in [0.15, 0.2) is 61.9 Å². The maximum absolute atomic E-state index is 13.8. The van der Waals surface area contributed by atoms with Gasteiger partial charge in [0.05, 0.1) is 39.1 Å². The molecule has 0 radical (unpaired) electrons. The number of allylic oxidation sites excluding steroid dienone is 1. The van der Waals surface area contributed by atoms with Crippen LogP contribution in [0.2, 0.25) is 10.0 Å². The maximum atomic E-state index is 13.8. The second-order valence-corrected chi connectivity index (χ2v) is 10.8. The van der Waals surface area contributed by atoms with Gasteiger partial charge in [-0.2, -0.15) is 0 Å². The highest BCUT2D eigenvalue weighted by atomic mass is 79.9. The number of halogens is 3. The van der Waals surface area contributed by atoms with Gasteiger partial charge in [0.15, 0.2) is 4.80 Å². The molecule has 0 saturated heterocycles. The zero-order valence-corrected chi connectivity index (χ0v) is 23.2. The Kier molecular flexibility index (Phi) is 7.57. The molecule has 0 amide bonds. The molecule has 4 rings (SSSR count). The van der Waals surface area contributed by atoms with E-state index in [0.29, 0.717) is 42.0 Å².